The second-order valence-electron chi connectivity index (χ2n) is 3.80. The highest BCUT2D eigenvalue weighted by molar-refractivity contribution is 9.10. The number of nitrogens with one attached hydrogen (secondary N) is 1. The molecule has 1 saturated carbocycles. The molecule has 1 aromatic heterocycles. The van der Waals surface area contributed by atoms with Gasteiger partial charge in [-0.1, -0.05) is 6.42 Å². The highest BCUT2D eigenvalue weighted by atomic mass is 79.9. The molecule has 0 unspecified atom stereocenters. The molecule has 76 valence electrons. The highest BCUT2D eigenvalue weighted by Gasteiger charge is 2.43. The van der Waals surface area contributed by atoms with Gasteiger partial charge in [0.15, 0.2) is 0 Å². The fourth-order valence-electron chi connectivity index (χ4n) is 2.05. The average molecular weight is 259 g/mol. The van der Waals surface area contributed by atoms with Gasteiger partial charge in [0.2, 0.25) is 0 Å². The molecule has 0 aliphatic heterocycles. The summed E-state index contributed by atoms with van der Waals surface area (Å²) in [6, 6.07) is 0. The number of carboxylic acid groups (broad SMARTS) is 1. The van der Waals surface area contributed by atoms with E-state index in [1.165, 1.54) is 0 Å². The van der Waals surface area contributed by atoms with Gasteiger partial charge in [-0.15, -0.1) is 0 Å². The molecule has 1 heterocycles. The van der Waals surface area contributed by atoms with Gasteiger partial charge in [0, 0.05) is 5.41 Å². The van der Waals surface area contributed by atoms with E-state index in [2.05, 4.69) is 26.1 Å². The molecule has 2 rings (SSSR count). The Hall–Kier alpha value is -0.840. The molecule has 0 aromatic carbocycles. The number of rotatable bonds is 3. The van der Waals surface area contributed by atoms with Crippen molar-refractivity contribution < 1.29 is 9.90 Å². The molecule has 0 radical (unpaired) electrons. The summed E-state index contributed by atoms with van der Waals surface area (Å²) in [7, 11) is 0. The Morgan fingerprint density at radius 2 is 2.43 bits per heavy atom. The van der Waals surface area contributed by atoms with Crippen LogP contribution in [0.15, 0.2) is 10.7 Å². The lowest BCUT2D eigenvalue weighted by Gasteiger charge is -2.40. The predicted octanol–water partition coefficient (Wildman–Crippen LogP) is 2.07. The zero-order valence-electron chi connectivity index (χ0n) is 7.59. The summed E-state index contributed by atoms with van der Waals surface area (Å²) >= 11 is 3.38. The third-order valence-electron chi connectivity index (χ3n) is 2.92. The van der Waals surface area contributed by atoms with E-state index in [9.17, 15) is 4.79 Å². The van der Waals surface area contributed by atoms with Gasteiger partial charge in [0.05, 0.1) is 22.8 Å². The maximum Gasteiger partial charge on any atom is 0.304 e. The lowest BCUT2D eigenvalue weighted by molar-refractivity contribution is -0.139. The number of aromatic nitrogens is 2. The number of hydrogen-bond acceptors (Lipinski definition) is 2. The van der Waals surface area contributed by atoms with E-state index in [1.54, 1.807) is 6.20 Å². The Morgan fingerprint density at radius 1 is 1.71 bits per heavy atom. The lowest BCUT2D eigenvalue weighted by Crippen LogP contribution is -2.37. The first-order chi connectivity index (χ1) is 6.64. The van der Waals surface area contributed by atoms with Crippen molar-refractivity contribution in [2.45, 2.75) is 31.1 Å². The number of aromatic amines is 1. The van der Waals surface area contributed by atoms with Gasteiger partial charge in [-0.2, -0.15) is 5.10 Å². The first kappa shape index (κ1) is 9.71. The van der Waals surface area contributed by atoms with Gasteiger partial charge in [-0.05, 0) is 28.8 Å². The fourth-order valence-corrected chi connectivity index (χ4v) is 2.66. The Kier molecular flexibility index (Phi) is 2.34. The Bertz CT molecular complexity index is 357. The molecule has 1 fully saturated rings. The van der Waals surface area contributed by atoms with Crippen LogP contribution in [0.2, 0.25) is 0 Å². The predicted molar refractivity (Wildman–Crippen MR) is 54.1 cm³/mol. The van der Waals surface area contributed by atoms with Crippen LogP contribution < -0.4 is 0 Å². The molecule has 0 amide bonds. The molecular formula is C9H11BrN2O2. The smallest absolute Gasteiger partial charge is 0.304 e. The van der Waals surface area contributed by atoms with E-state index in [0.717, 1.165) is 29.4 Å². The Labute approximate surface area is 89.8 Å². The number of nitrogens with zero attached hydrogens (tertiary/aromatic N) is 1. The SMILES string of the molecule is O=C(O)CC1(c2[nH]ncc2Br)CCC1. The minimum atomic E-state index is -0.744. The van der Waals surface area contributed by atoms with Gasteiger partial charge >= 0.3 is 5.97 Å². The third kappa shape index (κ3) is 1.45. The van der Waals surface area contributed by atoms with Crippen LogP contribution in [0.25, 0.3) is 0 Å². The minimum Gasteiger partial charge on any atom is -0.481 e. The Morgan fingerprint density at radius 3 is 2.79 bits per heavy atom. The lowest BCUT2D eigenvalue weighted by atomic mass is 9.64. The topological polar surface area (TPSA) is 66.0 Å². The van der Waals surface area contributed by atoms with Crippen LogP contribution in [0.5, 0.6) is 0 Å². The van der Waals surface area contributed by atoms with E-state index in [-0.39, 0.29) is 11.8 Å². The summed E-state index contributed by atoms with van der Waals surface area (Å²) in [5.74, 6) is -0.744. The van der Waals surface area contributed by atoms with Gasteiger partial charge in [-0.25, -0.2) is 0 Å². The quantitative estimate of drug-likeness (QED) is 0.873. The molecule has 0 atom stereocenters. The number of aliphatic carboxylic acids is 1. The number of halogens is 1. The van der Waals surface area contributed by atoms with Crippen molar-refractivity contribution in [3.8, 4) is 0 Å². The normalized spacial score (nSPS) is 18.9. The summed E-state index contributed by atoms with van der Waals surface area (Å²) in [5, 5.41) is 15.7. The van der Waals surface area contributed by atoms with Gasteiger partial charge in [0.25, 0.3) is 0 Å². The van der Waals surface area contributed by atoms with Gasteiger partial charge in [-0.3, -0.25) is 9.89 Å². The molecule has 1 aromatic rings. The standard InChI is InChI=1S/C9H11BrN2O2/c10-6-5-11-12-8(6)9(2-1-3-9)4-7(13)14/h5H,1-4H2,(H,11,12)(H,13,14). The van der Waals surface area contributed by atoms with Crippen LogP contribution in [-0.4, -0.2) is 21.3 Å². The van der Waals surface area contributed by atoms with Crippen LogP contribution in [0, 0.1) is 0 Å². The molecule has 0 saturated heterocycles. The summed E-state index contributed by atoms with van der Waals surface area (Å²) < 4.78 is 0.887. The first-order valence-electron chi connectivity index (χ1n) is 4.55. The van der Waals surface area contributed by atoms with Crippen LogP contribution in [0.1, 0.15) is 31.4 Å². The summed E-state index contributed by atoms with van der Waals surface area (Å²) in [4.78, 5) is 10.8. The molecular weight excluding hydrogens is 248 g/mol. The van der Waals surface area contributed by atoms with Crippen molar-refractivity contribution >= 4 is 21.9 Å². The molecule has 1 aliphatic carbocycles. The summed E-state index contributed by atoms with van der Waals surface area (Å²) in [6.07, 6.45) is 4.82. The molecule has 4 nitrogen and oxygen atoms in total. The maximum atomic E-state index is 10.8. The van der Waals surface area contributed by atoms with Crippen molar-refractivity contribution in [2.75, 3.05) is 0 Å². The van der Waals surface area contributed by atoms with Crippen molar-refractivity contribution in [2.24, 2.45) is 0 Å². The number of carbonyl (C=O) groups is 1. The van der Waals surface area contributed by atoms with Crippen molar-refractivity contribution in [1.29, 1.82) is 0 Å². The number of H-pyrrole nitrogens is 1. The highest BCUT2D eigenvalue weighted by Crippen LogP contribution is 2.47. The van der Waals surface area contributed by atoms with E-state index < -0.39 is 5.97 Å². The van der Waals surface area contributed by atoms with Crippen molar-refractivity contribution in [3.63, 3.8) is 0 Å². The second-order valence-corrected chi connectivity index (χ2v) is 4.65. The largest absolute Gasteiger partial charge is 0.481 e. The minimum absolute atomic E-state index is 0.188. The van der Waals surface area contributed by atoms with Crippen LogP contribution in [0.3, 0.4) is 0 Å². The Balaban J connectivity index is 2.29. The molecule has 0 spiro atoms. The molecule has 14 heavy (non-hydrogen) atoms. The van der Waals surface area contributed by atoms with Crippen molar-refractivity contribution in [3.05, 3.63) is 16.4 Å². The molecule has 1 aliphatic rings. The first-order valence-corrected chi connectivity index (χ1v) is 5.34. The van der Waals surface area contributed by atoms with Crippen LogP contribution in [-0.2, 0) is 10.2 Å². The zero-order chi connectivity index (χ0) is 10.2. The number of carboxylic acids is 1. The van der Waals surface area contributed by atoms with Crippen LogP contribution in [0.4, 0.5) is 0 Å². The van der Waals surface area contributed by atoms with E-state index in [4.69, 9.17) is 5.11 Å². The number of hydrogen-bond donors (Lipinski definition) is 2. The van der Waals surface area contributed by atoms with Crippen molar-refractivity contribution in [1.82, 2.24) is 10.2 Å². The second kappa shape index (κ2) is 3.38. The fraction of sp³-hybridized carbons (Fsp3) is 0.556. The van der Waals surface area contributed by atoms with E-state index in [0.29, 0.717) is 0 Å². The molecule has 5 heteroatoms. The summed E-state index contributed by atoms with van der Waals surface area (Å²) in [5.41, 5.74) is 0.729. The molecule has 0 bridgehead atoms. The monoisotopic (exact) mass is 258 g/mol. The average Bonchev–Trinajstić information content (AvgIpc) is 2.44. The van der Waals surface area contributed by atoms with Gasteiger partial charge < -0.3 is 5.11 Å². The maximum absolute atomic E-state index is 10.8. The van der Waals surface area contributed by atoms with Gasteiger partial charge in [0.1, 0.15) is 0 Å². The zero-order valence-corrected chi connectivity index (χ0v) is 9.17. The van der Waals surface area contributed by atoms with E-state index in [1.807, 2.05) is 0 Å². The van der Waals surface area contributed by atoms with E-state index >= 15 is 0 Å². The van der Waals surface area contributed by atoms with Crippen LogP contribution >= 0.6 is 15.9 Å². The third-order valence-corrected chi connectivity index (χ3v) is 3.52. The summed E-state index contributed by atoms with van der Waals surface area (Å²) in [6.45, 7) is 0. The molecule has 2 N–H and O–H groups in total.